The van der Waals surface area contributed by atoms with Gasteiger partial charge in [-0.25, -0.2) is 4.79 Å². The van der Waals surface area contributed by atoms with Gasteiger partial charge in [-0.2, -0.15) is 0 Å². The Morgan fingerprint density at radius 2 is 1.69 bits per heavy atom. The summed E-state index contributed by atoms with van der Waals surface area (Å²) in [6, 6.07) is 17.3. The van der Waals surface area contributed by atoms with Crippen LogP contribution in [0.25, 0.3) is 17.2 Å². The number of nitrogens with one attached hydrogen (secondary N) is 1. The number of carbonyl (C=O) groups excluding carboxylic acids is 2. The predicted molar refractivity (Wildman–Crippen MR) is 192 cm³/mol. The number of carboxylic acid groups (broad SMARTS) is 1. The van der Waals surface area contributed by atoms with Gasteiger partial charge >= 0.3 is 5.97 Å². The quantitative estimate of drug-likeness (QED) is 0.143. The number of aromatic carboxylic acids is 1. The van der Waals surface area contributed by atoms with E-state index in [2.05, 4.69) is 10.2 Å². The van der Waals surface area contributed by atoms with Crippen LogP contribution in [0.3, 0.4) is 0 Å². The normalized spacial score (nSPS) is 16.0. The van der Waals surface area contributed by atoms with Crippen molar-refractivity contribution in [1.82, 2.24) is 9.80 Å². The summed E-state index contributed by atoms with van der Waals surface area (Å²) in [7, 11) is 0. The number of rotatable bonds is 14. The molecule has 2 heterocycles. The summed E-state index contributed by atoms with van der Waals surface area (Å²) < 4.78 is 17.8. The van der Waals surface area contributed by atoms with Gasteiger partial charge < -0.3 is 24.6 Å². The number of thioether (sulfide) groups is 1. The highest BCUT2D eigenvalue weighted by atomic mass is 35.5. The summed E-state index contributed by atoms with van der Waals surface area (Å²) in [5, 5.41) is 12.3. The van der Waals surface area contributed by atoms with E-state index in [4.69, 9.17) is 43.1 Å². The van der Waals surface area contributed by atoms with Crippen LogP contribution in [0.4, 0.5) is 5.69 Å². The topological polar surface area (TPSA) is 118 Å². The largest absolute Gasteiger partial charge is 0.492 e. The molecule has 13 heteroatoms. The maximum atomic E-state index is 13.5. The van der Waals surface area contributed by atoms with E-state index >= 15 is 0 Å². The number of morpholine rings is 1. The number of amides is 2. The fraction of sp³-hybridized carbons (Fsp3) is 0.314. The molecule has 0 aliphatic carbocycles. The molecule has 0 unspecified atom stereocenters. The van der Waals surface area contributed by atoms with E-state index in [9.17, 15) is 14.4 Å². The Morgan fingerprint density at radius 1 is 1.00 bits per heavy atom. The van der Waals surface area contributed by atoms with Crippen molar-refractivity contribution in [2.24, 2.45) is 0 Å². The fourth-order valence-electron chi connectivity index (χ4n) is 5.06. The van der Waals surface area contributed by atoms with Crippen LogP contribution in [0, 0.1) is 0 Å². The maximum Gasteiger partial charge on any atom is 0.335 e. The first-order valence-corrected chi connectivity index (χ1v) is 17.2. The molecule has 0 bridgehead atoms. The Labute approximate surface area is 294 Å². The molecule has 2 fully saturated rings. The number of benzene rings is 3. The standard InChI is InChI=1S/C35H36ClN3O7S2/c1-2-16-45-30-10-6-25(21-28(30)36)24-5-9-29(46-19-15-38-13-17-44-18-14-38)26(20-24)22-31-33(41)39(35(47)48-31)12-11-32(40)37-27-7-3-23(4-8-27)34(42)43/h3-10,20-22H,2,11-19H2,1H3,(H,37,40)(H,42,43)/b31-22-. The van der Waals surface area contributed by atoms with Crippen molar-refractivity contribution < 1.29 is 33.7 Å². The van der Waals surface area contributed by atoms with Crippen LogP contribution in [-0.2, 0) is 14.3 Å². The number of halogens is 1. The third kappa shape index (κ3) is 9.36. The zero-order valence-corrected chi connectivity index (χ0v) is 28.8. The van der Waals surface area contributed by atoms with Gasteiger partial charge in [0.2, 0.25) is 5.91 Å². The number of thiocarbonyl (C=S) groups is 1. The van der Waals surface area contributed by atoms with Crippen molar-refractivity contribution in [3.8, 4) is 22.6 Å². The molecule has 2 saturated heterocycles. The van der Waals surface area contributed by atoms with Crippen LogP contribution < -0.4 is 14.8 Å². The second-order valence-corrected chi connectivity index (χ2v) is 13.1. The summed E-state index contributed by atoms with van der Waals surface area (Å²) in [6.07, 6.45) is 2.65. The number of anilines is 1. The zero-order valence-electron chi connectivity index (χ0n) is 26.4. The van der Waals surface area contributed by atoms with Gasteiger partial charge in [-0.1, -0.05) is 54.6 Å². The van der Waals surface area contributed by atoms with Crippen LogP contribution in [0.5, 0.6) is 11.5 Å². The van der Waals surface area contributed by atoms with E-state index in [0.717, 1.165) is 37.2 Å². The van der Waals surface area contributed by atoms with E-state index in [1.807, 2.05) is 43.3 Å². The lowest BCUT2D eigenvalue weighted by Gasteiger charge is -2.26. The highest BCUT2D eigenvalue weighted by Crippen LogP contribution is 2.37. The Hall–Kier alpha value is -3.94. The number of carbonyl (C=O) groups is 3. The minimum Gasteiger partial charge on any atom is -0.492 e. The lowest BCUT2D eigenvalue weighted by atomic mass is 10.0. The lowest BCUT2D eigenvalue weighted by molar-refractivity contribution is -0.122. The van der Waals surface area contributed by atoms with Crippen molar-refractivity contribution in [2.75, 3.05) is 57.9 Å². The summed E-state index contributed by atoms with van der Waals surface area (Å²) >= 11 is 13.2. The fourth-order valence-corrected chi connectivity index (χ4v) is 6.59. The van der Waals surface area contributed by atoms with Crippen LogP contribution in [0.2, 0.25) is 5.02 Å². The number of ether oxygens (including phenoxy) is 3. The van der Waals surface area contributed by atoms with Crippen molar-refractivity contribution in [3.05, 3.63) is 81.7 Å². The van der Waals surface area contributed by atoms with Crippen LogP contribution in [-0.4, -0.2) is 89.6 Å². The first-order valence-electron chi connectivity index (χ1n) is 15.6. The monoisotopic (exact) mass is 709 g/mol. The van der Waals surface area contributed by atoms with Gasteiger partial charge in [0.25, 0.3) is 5.91 Å². The Kier molecular flexibility index (Phi) is 12.5. The predicted octanol–water partition coefficient (Wildman–Crippen LogP) is 6.44. The molecule has 2 aliphatic rings. The molecule has 3 aromatic carbocycles. The molecule has 0 saturated carbocycles. The minimum atomic E-state index is -1.05. The molecule has 2 aliphatic heterocycles. The second kappa shape index (κ2) is 16.9. The highest BCUT2D eigenvalue weighted by molar-refractivity contribution is 8.26. The Balaban J connectivity index is 1.31. The average molecular weight is 710 g/mol. The minimum absolute atomic E-state index is 0.00448. The molecule has 0 spiro atoms. The zero-order chi connectivity index (χ0) is 34.0. The number of nitrogens with zero attached hydrogens (tertiary/aromatic N) is 2. The van der Waals surface area contributed by atoms with Crippen molar-refractivity contribution in [1.29, 1.82) is 0 Å². The van der Waals surface area contributed by atoms with Gasteiger partial charge in [-0.05, 0) is 72.2 Å². The SMILES string of the molecule is CCCOc1ccc(-c2ccc(OCCN3CCOCC3)c(/C=C3\SC(=S)N(CCC(=O)Nc4ccc(C(=O)O)cc4)C3=O)c2)cc1Cl. The van der Waals surface area contributed by atoms with Crippen molar-refractivity contribution in [3.63, 3.8) is 0 Å². The molecule has 2 amide bonds. The molecule has 2 N–H and O–H groups in total. The van der Waals surface area contributed by atoms with E-state index in [0.29, 0.717) is 63.4 Å². The lowest BCUT2D eigenvalue weighted by Crippen LogP contribution is -2.38. The first kappa shape index (κ1) is 35.4. The Morgan fingerprint density at radius 3 is 2.38 bits per heavy atom. The van der Waals surface area contributed by atoms with E-state index in [1.54, 1.807) is 6.08 Å². The van der Waals surface area contributed by atoms with Gasteiger partial charge in [-0.15, -0.1) is 0 Å². The molecular weight excluding hydrogens is 674 g/mol. The number of hydrogen-bond acceptors (Lipinski definition) is 9. The third-order valence-corrected chi connectivity index (χ3v) is 9.32. The molecule has 3 aromatic rings. The molecule has 0 atom stereocenters. The van der Waals surface area contributed by atoms with Gasteiger partial charge in [0.15, 0.2) is 0 Å². The summed E-state index contributed by atoms with van der Waals surface area (Å²) in [5.41, 5.74) is 3.05. The third-order valence-electron chi connectivity index (χ3n) is 7.64. The van der Waals surface area contributed by atoms with Gasteiger partial charge in [0, 0.05) is 43.9 Å². The van der Waals surface area contributed by atoms with E-state index < -0.39 is 5.97 Å². The van der Waals surface area contributed by atoms with Gasteiger partial charge in [0.05, 0.1) is 35.3 Å². The second-order valence-electron chi connectivity index (χ2n) is 11.1. The summed E-state index contributed by atoms with van der Waals surface area (Å²) in [4.78, 5) is 41.3. The summed E-state index contributed by atoms with van der Waals surface area (Å²) in [5.74, 6) is -0.429. The highest BCUT2D eigenvalue weighted by Gasteiger charge is 2.32. The van der Waals surface area contributed by atoms with Crippen LogP contribution >= 0.6 is 35.6 Å². The molecule has 10 nitrogen and oxygen atoms in total. The number of carboxylic acids is 1. The molecule has 0 radical (unpaired) electrons. The Bertz CT molecular complexity index is 1690. The van der Waals surface area contributed by atoms with E-state index in [-0.39, 0.29) is 30.3 Å². The number of hydrogen-bond donors (Lipinski definition) is 2. The maximum absolute atomic E-state index is 13.5. The van der Waals surface area contributed by atoms with Gasteiger partial charge in [-0.3, -0.25) is 19.4 Å². The molecule has 48 heavy (non-hydrogen) atoms. The van der Waals surface area contributed by atoms with Gasteiger partial charge in [0.1, 0.15) is 22.4 Å². The molecule has 0 aromatic heterocycles. The molecule has 5 rings (SSSR count). The molecular formula is C35H36ClN3O7S2. The van der Waals surface area contributed by atoms with Crippen molar-refractivity contribution in [2.45, 2.75) is 19.8 Å². The van der Waals surface area contributed by atoms with Crippen LogP contribution in [0.1, 0.15) is 35.7 Å². The molecule has 252 valence electrons. The van der Waals surface area contributed by atoms with Crippen molar-refractivity contribution >= 4 is 69.4 Å². The summed E-state index contributed by atoms with van der Waals surface area (Å²) in [6.45, 7) is 7.02. The first-order chi connectivity index (χ1) is 23.2. The van der Waals surface area contributed by atoms with Crippen LogP contribution in [0.15, 0.2) is 65.6 Å². The smallest absolute Gasteiger partial charge is 0.335 e. The van der Waals surface area contributed by atoms with E-state index in [1.165, 1.54) is 40.9 Å². The average Bonchev–Trinajstić information content (AvgIpc) is 3.35.